The summed E-state index contributed by atoms with van der Waals surface area (Å²) >= 11 is 5.86. The van der Waals surface area contributed by atoms with Gasteiger partial charge in [0.25, 0.3) is 0 Å². The quantitative estimate of drug-likeness (QED) is 0.759. The molecule has 84 valence electrons. The number of benzene rings is 1. The molecule has 0 N–H and O–H groups in total. The highest BCUT2D eigenvalue weighted by Crippen LogP contribution is 2.23. The van der Waals surface area contributed by atoms with Crippen LogP contribution in [-0.2, 0) is 6.42 Å². The number of halogens is 2. The molecule has 1 aromatic carbocycles. The first kappa shape index (κ1) is 11.6. The van der Waals surface area contributed by atoms with E-state index in [1.165, 1.54) is 12.1 Å². The lowest BCUT2D eigenvalue weighted by atomic mass is 10.1. The Morgan fingerprint density at radius 2 is 2.12 bits per heavy atom. The molecule has 0 saturated heterocycles. The fraction of sp³-hybridized carbons (Fsp3) is 0.0769. The molecule has 0 aliphatic rings. The summed E-state index contributed by atoms with van der Waals surface area (Å²) in [6, 6.07) is 9.98. The van der Waals surface area contributed by atoms with Gasteiger partial charge in [-0.1, -0.05) is 23.7 Å². The molecule has 0 saturated carbocycles. The van der Waals surface area contributed by atoms with Crippen LogP contribution in [0.2, 0.25) is 5.15 Å². The summed E-state index contributed by atoms with van der Waals surface area (Å²) in [4.78, 5) is 4.00. The van der Waals surface area contributed by atoms with E-state index >= 15 is 0 Å². The Morgan fingerprint density at radius 1 is 1.29 bits per heavy atom. The van der Waals surface area contributed by atoms with E-state index in [1.807, 2.05) is 6.07 Å². The first-order chi connectivity index (χ1) is 8.20. The van der Waals surface area contributed by atoms with E-state index in [2.05, 4.69) is 4.98 Å². The molecule has 0 atom stereocenters. The minimum absolute atomic E-state index is 0.189. The minimum atomic E-state index is -0.306. The molecule has 0 aliphatic heterocycles. The van der Waals surface area contributed by atoms with Crippen LogP contribution in [0.3, 0.4) is 0 Å². The summed E-state index contributed by atoms with van der Waals surface area (Å²) in [5, 5.41) is 8.97. The summed E-state index contributed by atoms with van der Waals surface area (Å²) in [6.07, 6.45) is 1.76. The Hall–Kier alpha value is -1.92. The standard InChI is InChI=1S/C13H8ClFN2/c14-13-10(4-5-16)6-11(8-17-13)9-2-1-3-12(15)7-9/h1-3,6-8H,4H2. The highest BCUT2D eigenvalue weighted by atomic mass is 35.5. The number of nitriles is 1. The van der Waals surface area contributed by atoms with Crippen molar-refractivity contribution in [2.75, 3.05) is 0 Å². The molecule has 2 nitrogen and oxygen atoms in total. The second-order valence-corrected chi connectivity index (χ2v) is 3.88. The van der Waals surface area contributed by atoms with Gasteiger partial charge in [-0.3, -0.25) is 0 Å². The van der Waals surface area contributed by atoms with Crippen LogP contribution < -0.4 is 0 Å². The fourth-order valence-electron chi connectivity index (χ4n) is 1.53. The van der Waals surface area contributed by atoms with Crippen LogP contribution in [0.1, 0.15) is 5.56 Å². The third kappa shape index (κ3) is 2.61. The van der Waals surface area contributed by atoms with Crippen molar-refractivity contribution in [3.63, 3.8) is 0 Å². The molecule has 0 aliphatic carbocycles. The maximum atomic E-state index is 13.1. The summed E-state index contributed by atoms with van der Waals surface area (Å²) in [6.45, 7) is 0. The molecule has 0 radical (unpaired) electrons. The number of nitrogens with zero attached hydrogens (tertiary/aromatic N) is 2. The van der Waals surface area contributed by atoms with E-state index in [0.29, 0.717) is 16.3 Å². The SMILES string of the molecule is N#CCc1cc(-c2cccc(F)c2)cnc1Cl. The van der Waals surface area contributed by atoms with Gasteiger partial charge in [0.05, 0.1) is 12.5 Å². The number of aromatic nitrogens is 1. The molecule has 0 unspecified atom stereocenters. The molecule has 0 amide bonds. The summed E-state index contributed by atoms with van der Waals surface area (Å²) in [5.41, 5.74) is 2.11. The molecule has 2 aromatic rings. The van der Waals surface area contributed by atoms with Crippen molar-refractivity contribution < 1.29 is 4.39 Å². The van der Waals surface area contributed by atoms with Crippen molar-refractivity contribution in [2.45, 2.75) is 6.42 Å². The monoisotopic (exact) mass is 246 g/mol. The van der Waals surface area contributed by atoms with Gasteiger partial charge < -0.3 is 0 Å². The van der Waals surface area contributed by atoms with Crippen molar-refractivity contribution in [3.05, 3.63) is 53.1 Å². The van der Waals surface area contributed by atoms with Gasteiger partial charge in [-0.15, -0.1) is 0 Å². The van der Waals surface area contributed by atoms with Gasteiger partial charge in [0.15, 0.2) is 0 Å². The Morgan fingerprint density at radius 3 is 2.82 bits per heavy atom. The smallest absolute Gasteiger partial charge is 0.133 e. The van der Waals surface area contributed by atoms with Crippen LogP contribution in [0, 0.1) is 17.1 Å². The minimum Gasteiger partial charge on any atom is -0.244 e. The molecule has 0 bridgehead atoms. The highest BCUT2D eigenvalue weighted by molar-refractivity contribution is 6.30. The third-order valence-electron chi connectivity index (χ3n) is 2.34. The summed E-state index contributed by atoms with van der Waals surface area (Å²) in [7, 11) is 0. The Kier molecular flexibility index (Phi) is 3.36. The zero-order valence-corrected chi connectivity index (χ0v) is 9.58. The van der Waals surface area contributed by atoms with Gasteiger partial charge in [0, 0.05) is 17.3 Å². The lowest BCUT2D eigenvalue weighted by molar-refractivity contribution is 0.628. The number of rotatable bonds is 2. The van der Waals surface area contributed by atoms with E-state index in [-0.39, 0.29) is 12.2 Å². The van der Waals surface area contributed by atoms with Crippen molar-refractivity contribution in [2.24, 2.45) is 0 Å². The molecule has 0 spiro atoms. The van der Waals surface area contributed by atoms with Gasteiger partial charge in [0.2, 0.25) is 0 Å². The van der Waals surface area contributed by atoms with Crippen LogP contribution in [0.25, 0.3) is 11.1 Å². The van der Waals surface area contributed by atoms with E-state index in [1.54, 1.807) is 24.4 Å². The zero-order valence-electron chi connectivity index (χ0n) is 8.82. The van der Waals surface area contributed by atoms with Gasteiger partial charge >= 0.3 is 0 Å². The highest BCUT2D eigenvalue weighted by Gasteiger charge is 2.05. The lowest BCUT2D eigenvalue weighted by Crippen LogP contribution is -1.90. The van der Waals surface area contributed by atoms with Crippen molar-refractivity contribution in [1.82, 2.24) is 4.98 Å². The molecular weight excluding hydrogens is 239 g/mol. The van der Waals surface area contributed by atoms with E-state index in [9.17, 15) is 4.39 Å². The Balaban J connectivity index is 2.47. The molecule has 0 fully saturated rings. The predicted molar refractivity (Wildman–Crippen MR) is 64.0 cm³/mol. The third-order valence-corrected chi connectivity index (χ3v) is 2.68. The molecule has 17 heavy (non-hydrogen) atoms. The van der Waals surface area contributed by atoms with Gasteiger partial charge in [0.1, 0.15) is 11.0 Å². The number of pyridine rings is 1. The van der Waals surface area contributed by atoms with Gasteiger partial charge in [-0.05, 0) is 23.8 Å². The van der Waals surface area contributed by atoms with Gasteiger partial charge in [-0.2, -0.15) is 5.26 Å². The first-order valence-corrected chi connectivity index (χ1v) is 5.36. The lowest BCUT2D eigenvalue weighted by Gasteiger charge is -2.04. The average molecular weight is 247 g/mol. The second-order valence-electron chi connectivity index (χ2n) is 3.52. The topological polar surface area (TPSA) is 36.7 Å². The van der Waals surface area contributed by atoms with Crippen LogP contribution in [-0.4, -0.2) is 4.98 Å². The predicted octanol–water partition coefficient (Wildman–Crippen LogP) is 3.61. The molecule has 4 heteroatoms. The normalized spacial score (nSPS) is 9.94. The Labute approximate surface area is 103 Å². The second kappa shape index (κ2) is 4.94. The molecule has 2 rings (SSSR count). The van der Waals surface area contributed by atoms with Crippen LogP contribution >= 0.6 is 11.6 Å². The van der Waals surface area contributed by atoms with E-state index < -0.39 is 0 Å². The van der Waals surface area contributed by atoms with E-state index in [4.69, 9.17) is 16.9 Å². The van der Waals surface area contributed by atoms with Crippen molar-refractivity contribution >= 4 is 11.6 Å². The maximum Gasteiger partial charge on any atom is 0.133 e. The van der Waals surface area contributed by atoms with Crippen LogP contribution in [0.15, 0.2) is 36.5 Å². The van der Waals surface area contributed by atoms with Crippen molar-refractivity contribution in [1.29, 1.82) is 5.26 Å². The summed E-state index contributed by atoms with van der Waals surface area (Å²) < 4.78 is 13.1. The fourth-order valence-corrected chi connectivity index (χ4v) is 1.70. The molecule has 1 aromatic heterocycles. The average Bonchev–Trinajstić information content (AvgIpc) is 2.32. The zero-order chi connectivity index (χ0) is 12.3. The van der Waals surface area contributed by atoms with Crippen LogP contribution in [0.5, 0.6) is 0 Å². The Bertz CT molecular complexity index is 590. The number of hydrogen-bond donors (Lipinski definition) is 0. The molecule has 1 heterocycles. The van der Waals surface area contributed by atoms with E-state index in [0.717, 1.165) is 5.56 Å². The first-order valence-electron chi connectivity index (χ1n) is 4.98. The maximum absolute atomic E-state index is 13.1. The van der Waals surface area contributed by atoms with Gasteiger partial charge in [-0.25, -0.2) is 9.37 Å². The largest absolute Gasteiger partial charge is 0.244 e. The summed E-state index contributed by atoms with van der Waals surface area (Å²) in [5.74, 6) is -0.306. The van der Waals surface area contributed by atoms with Crippen LogP contribution in [0.4, 0.5) is 4.39 Å². The number of hydrogen-bond acceptors (Lipinski definition) is 2. The van der Waals surface area contributed by atoms with Crippen molar-refractivity contribution in [3.8, 4) is 17.2 Å². The molecular formula is C13H8ClFN2.